The summed E-state index contributed by atoms with van der Waals surface area (Å²) in [6.45, 7) is 4.23. The van der Waals surface area contributed by atoms with Crippen LogP contribution in [0.4, 0.5) is 0 Å². The predicted molar refractivity (Wildman–Crippen MR) is 72.3 cm³/mol. The van der Waals surface area contributed by atoms with E-state index in [1.54, 1.807) is 0 Å². The fraction of sp³-hybridized carbons (Fsp3) is 0.462. The van der Waals surface area contributed by atoms with Gasteiger partial charge >= 0.3 is 5.97 Å². The van der Waals surface area contributed by atoms with Crippen molar-refractivity contribution in [2.45, 2.75) is 25.9 Å². The van der Waals surface area contributed by atoms with E-state index < -0.39 is 0 Å². The number of rotatable bonds is 3. The van der Waals surface area contributed by atoms with Gasteiger partial charge in [0.05, 0.1) is 18.6 Å². The summed E-state index contributed by atoms with van der Waals surface area (Å²) in [4.78, 5) is 11.9. The van der Waals surface area contributed by atoms with Gasteiger partial charge in [0.2, 0.25) is 0 Å². The second-order valence-electron chi connectivity index (χ2n) is 4.24. The first-order chi connectivity index (χ1) is 8.24. The average Bonchev–Trinajstić information content (AvgIpc) is 2.73. The molecule has 0 bridgehead atoms. The number of hydrogen-bond acceptors (Lipinski definition) is 4. The molecule has 0 spiro atoms. The molecule has 4 nitrogen and oxygen atoms in total. The molecule has 0 aliphatic carbocycles. The van der Waals surface area contributed by atoms with Crippen LogP contribution in [0.2, 0.25) is 0 Å². The van der Waals surface area contributed by atoms with Crippen molar-refractivity contribution in [3.05, 3.63) is 35.9 Å². The molecule has 1 aromatic rings. The quantitative estimate of drug-likeness (QED) is 0.823. The lowest BCUT2D eigenvalue weighted by Gasteiger charge is -2.19. The molecule has 1 saturated heterocycles. The highest BCUT2D eigenvalue weighted by Crippen LogP contribution is 2.29. The molecule has 1 heterocycles. The number of hydrazine groups is 1. The van der Waals surface area contributed by atoms with Crippen molar-refractivity contribution < 1.29 is 9.53 Å². The van der Waals surface area contributed by atoms with Gasteiger partial charge in [-0.2, -0.15) is 0 Å². The molecular formula is C13H19ClN2O2. The minimum Gasteiger partial charge on any atom is -0.466 e. The van der Waals surface area contributed by atoms with Gasteiger partial charge in [-0.1, -0.05) is 30.3 Å². The third-order valence-electron chi connectivity index (χ3n) is 3.08. The Kier molecular flexibility index (Phi) is 5.59. The molecule has 0 saturated carbocycles. The van der Waals surface area contributed by atoms with Gasteiger partial charge in [-0.3, -0.25) is 10.2 Å². The summed E-state index contributed by atoms with van der Waals surface area (Å²) in [5.74, 6) is -0.330. The number of esters is 1. The van der Waals surface area contributed by atoms with E-state index >= 15 is 0 Å². The lowest BCUT2D eigenvalue weighted by Crippen LogP contribution is -2.31. The normalized spacial score (nSPS) is 26.4. The Morgan fingerprint density at radius 2 is 1.94 bits per heavy atom. The molecule has 3 atom stereocenters. The van der Waals surface area contributed by atoms with Crippen LogP contribution in [0.15, 0.2) is 30.3 Å². The molecule has 18 heavy (non-hydrogen) atoms. The summed E-state index contributed by atoms with van der Waals surface area (Å²) in [5, 5.41) is 0. The second-order valence-corrected chi connectivity index (χ2v) is 4.24. The maximum Gasteiger partial charge on any atom is 0.312 e. The Morgan fingerprint density at radius 3 is 2.56 bits per heavy atom. The van der Waals surface area contributed by atoms with Gasteiger partial charge in [-0.25, -0.2) is 5.43 Å². The molecule has 2 rings (SSSR count). The van der Waals surface area contributed by atoms with Crippen molar-refractivity contribution >= 4 is 18.4 Å². The Morgan fingerprint density at radius 1 is 1.28 bits per heavy atom. The zero-order chi connectivity index (χ0) is 12.3. The zero-order valence-electron chi connectivity index (χ0n) is 10.6. The molecule has 5 heteroatoms. The topological polar surface area (TPSA) is 50.4 Å². The number of carbonyl (C=O) groups is 1. The highest BCUT2D eigenvalue weighted by atomic mass is 35.5. The highest BCUT2D eigenvalue weighted by Gasteiger charge is 2.40. The predicted octanol–water partition coefficient (Wildman–Crippen LogP) is 1.83. The minimum absolute atomic E-state index is 0. The van der Waals surface area contributed by atoms with E-state index in [1.807, 2.05) is 44.2 Å². The summed E-state index contributed by atoms with van der Waals surface area (Å²) in [5.41, 5.74) is 7.37. The van der Waals surface area contributed by atoms with Gasteiger partial charge in [-0.05, 0) is 19.4 Å². The van der Waals surface area contributed by atoms with Crippen LogP contribution in [0.25, 0.3) is 0 Å². The van der Waals surface area contributed by atoms with Crippen molar-refractivity contribution in [2.75, 3.05) is 6.61 Å². The number of ether oxygens (including phenoxy) is 1. The molecule has 3 unspecified atom stereocenters. The van der Waals surface area contributed by atoms with E-state index in [-0.39, 0.29) is 36.4 Å². The summed E-state index contributed by atoms with van der Waals surface area (Å²) < 4.78 is 5.13. The molecule has 1 aliphatic heterocycles. The van der Waals surface area contributed by atoms with E-state index in [1.165, 1.54) is 0 Å². The van der Waals surface area contributed by atoms with Gasteiger partial charge in [0, 0.05) is 6.04 Å². The van der Waals surface area contributed by atoms with Crippen LogP contribution in [-0.2, 0) is 9.53 Å². The number of halogens is 1. The average molecular weight is 271 g/mol. The van der Waals surface area contributed by atoms with Gasteiger partial charge in [0.15, 0.2) is 0 Å². The van der Waals surface area contributed by atoms with Crippen molar-refractivity contribution in [3.63, 3.8) is 0 Å². The smallest absolute Gasteiger partial charge is 0.312 e. The molecule has 2 N–H and O–H groups in total. The second kappa shape index (κ2) is 6.73. The van der Waals surface area contributed by atoms with Gasteiger partial charge < -0.3 is 4.74 Å². The monoisotopic (exact) mass is 270 g/mol. The van der Waals surface area contributed by atoms with Crippen LogP contribution < -0.4 is 10.9 Å². The van der Waals surface area contributed by atoms with Crippen molar-refractivity contribution in [1.29, 1.82) is 0 Å². The number of carbonyl (C=O) groups excluding carboxylic acids is 1. The minimum atomic E-state index is -0.183. The van der Waals surface area contributed by atoms with Crippen LogP contribution in [0, 0.1) is 5.92 Å². The Balaban J connectivity index is 0.00000162. The zero-order valence-corrected chi connectivity index (χ0v) is 11.4. The third-order valence-corrected chi connectivity index (χ3v) is 3.08. The molecule has 0 aromatic heterocycles. The molecule has 100 valence electrons. The Hall–Kier alpha value is -1.10. The van der Waals surface area contributed by atoms with E-state index in [0.717, 1.165) is 5.56 Å². The van der Waals surface area contributed by atoms with Crippen LogP contribution in [0.1, 0.15) is 25.5 Å². The maximum absolute atomic E-state index is 11.9. The van der Waals surface area contributed by atoms with Crippen molar-refractivity contribution in [2.24, 2.45) is 5.92 Å². The fourth-order valence-electron chi connectivity index (χ4n) is 2.22. The molecule has 1 fully saturated rings. The molecule has 0 radical (unpaired) electrons. The summed E-state index contributed by atoms with van der Waals surface area (Å²) in [6, 6.07) is 10.00. The van der Waals surface area contributed by atoms with Crippen LogP contribution in [-0.4, -0.2) is 18.6 Å². The molecule has 0 amide bonds. The first kappa shape index (κ1) is 15.0. The fourth-order valence-corrected chi connectivity index (χ4v) is 2.22. The van der Waals surface area contributed by atoms with Gasteiger partial charge in [0.25, 0.3) is 0 Å². The van der Waals surface area contributed by atoms with E-state index in [4.69, 9.17) is 4.74 Å². The first-order valence-electron chi connectivity index (χ1n) is 5.96. The van der Waals surface area contributed by atoms with E-state index in [2.05, 4.69) is 10.9 Å². The van der Waals surface area contributed by atoms with Crippen molar-refractivity contribution in [3.8, 4) is 0 Å². The highest BCUT2D eigenvalue weighted by molar-refractivity contribution is 5.85. The van der Waals surface area contributed by atoms with Gasteiger partial charge in [0.1, 0.15) is 0 Å². The van der Waals surface area contributed by atoms with Crippen LogP contribution in [0.5, 0.6) is 0 Å². The van der Waals surface area contributed by atoms with E-state index in [9.17, 15) is 4.79 Å². The lowest BCUT2D eigenvalue weighted by molar-refractivity contribution is -0.148. The Bertz CT molecular complexity index is 386. The van der Waals surface area contributed by atoms with Crippen LogP contribution in [0.3, 0.4) is 0 Å². The van der Waals surface area contributed by atoms with Crippen LogP contribution >= 0.6 is 12.4 Å². The van der Waals surface area contributed by atoms with E-state index in [0.29, 0.717) is 6.61 Å². The number of benzene rings is 1. The summed E-state index contributed by atoms with van der Waals surface area (Å²) in [7, 11) is 0. The lowest BCUT2D eigenvalue weighted by atomic mass is 9.90. The largest absolute Gasteiger partial charge is 0.466 e. The molecular weight excluding hydrogens is 252 g/mol. The standard InChI is InChI=1S/C13H18N2O2.ClH/c1-3-17-13(16)11-9(2)14-15-12(11)10-7-5-4-6-8-10;/h4-9,11-12,14-15H,3H2,1-2H3;1H. The van der Waals surface area contributed by atoms with Crippen molar-refractivity contribution in [1.82, 2.24) is 10.9 Å². The summed E-state index contributed by atoms with van der Waals surface area (Å²) >= 11 is 0. The number of hydrogen-bond donors (Lipinski definition) is 2. The molecule has 1 aromatic carbocycles. The molecule has 1 aliphatic rings. The maximum atomic E-state index is 11.9. The van der Waals surface area contributed by atoms with Gasteiger partial charge in [-0.15, -0.1) is 12.4 Å². The Labute approximate surface area is 113 Å². The third kappa shape index (κ3) is 3.02. The number of nitrogens with one attached hydrogen (secondary N) is 2. The SMILES string of the molecule is CCOC(=O)C1C(C)NNC1c1ccccc1.Cl. The first-order valence-corrected chi connectivity index (χ1v) is 5.96. The summed E-state index contributed by atoms with van der Waals surface area (Å²) in [6.07, 6.45) is 0.